The zero-order valence-electron chi connectivity index (χ0n) is 7.06. The first kappa shape index (κ1) is 12.7. The van der Waals surface area contributed by atoms with E-state index in [1.807, 2.05) is 0 Å². The molecule has 14 heavy (non-hydrogen) atoms. The zero-order valence-corrected chi connectivity index (χ0v) is 7.06. The first-order valence-corrected chi connectivity index (χ1v) is 3.55. The number of hydrogen-bond acceptors (Lipinski definition) is 3. The lowest BCUT2D eigenvalue weighted by Gasteiger charge is -2.07. The van der Waals surface area contributed by atoms with Gasteiger partial charge >= 0.3 is 12.1 Å². The van der Waals surface area contributed by atoms with Crippen molar-refractivity contribution in [3.05, 3.63) is 0 Å². The van der Waals surface area contributed by atoms with Gasteiger partial charge in [-0.05, 0) is 0 Å². The van der Waals surface area contributed by atoms with Gasteiger partial charge in [0.05, 0.1) is 6.61 Å². The van der Waals surface area contributed by atoms with Crippen LogP contribution >= 0.6 is 0 Å². The third-order valence-electron chi connectivity index (χ3n) is 1.03. The van der Waals surface area contributed by atoms with Crippen LogP contribution in [0.1, 0.15) is 0 Å². The molecule has 0 aromatic carbocycles. The Bertz CT molecular complexity index is 217. The SMILES string of the molecule is NC(=O)COCCNC(=O)C(F)(F)F. The Labute approximate surface area is 77.4 Å². The topological polar surface area (TPSA) is 81.4 Å². The summed E-state index contributed by atoms with van der Waals surface area (Å²) in [6.07, 6.45) is -4.90. The Hall–Kier alpha value is -1.31. The second-order valence-corrected chi connectivity index (χ2v) is 2.27. The van der Waals surface area contributed by atoms with Gasteiger partial charge in [0.25, 0.3) is 0 Å². The van der Waals surface area contributed by atoms with E-state index in [1.54, 1.807) is 5.32 Å². The number of carbonyl (C=O) groups is 2. The highest BCUT2D eigenvalue weighted by Gasteiger charge is 2.38. The van der Waals surface area contributed by atoms with Crippen LogP contribution in [-0.4, -0.2) is 37.7 Å². The van der Waals surface area contributed by atoms with E-state index in [0.29, 0.717) is 0 Å². The van der Waals surface area contributed by atoms with Crippen molar-refractivity contribution in [1.29, 1.82) is 0 Å². The Morgan fingerprint density at radius 1 is 1.36 bits per heavy atom. The average molecular weight is 214 g/mol. The summed E-state index contributed by atoms with van der Waals surface area (Å²) in [4.78, 5) is 20.3. The molecule has 3 N–H and O–H groups in total. The smallest absolute Gasteiger partial charge is 0.370 e. The van der Waals surface area contributed by atoms with Crippen molar-refractivity contribution < 1.29 is 27.5 Å². The maximum atomic E-state index is 11.6. The maximum absolute atomic E-state index is 11.6. The molecule has 0 rings (SSSR count). The van der Waals surface area contributed by atoms with Gasteiger partial charge in [0.2, 0.25) is 5.91 Å². The van der Waals surface area contributed by atoms with Crippen LogP contribution in [-0.2, 0) is 14.3 Å². The van der Waals surface area contributed by atoms with Crippen LogP contribution in [0.25, 0.3) is 0 Å². The Balaban J connectivity index is 3.46. The summed E-state index contributed by atoms with van der Waals surface area (Å²) < 4.78 is 39.2. The van der Waals surface area contributed by atoms with Crippen LogP contribution < -0.4 is 11.1 Å². The van der Waals surface area contributed by atoms with Crippen LogP contribution in [0.3, 0.4) is 0 Å². The molecule has 0 radical (unpaired) electrons. The molecule has 0 fully saturated rings. The molecular formula is C6H9F3N2O3. The van der Waals surface area contributed by atoms with E-state index in [0.717, 1.165) is 0 Å². The molecule has 0 aliphatic heterocycles. The number of alkyl halides is 3. The van der Waals surface area contributed by atoms with E-state index in [1.165, 1.54) is 0 Å². The zero-order chi connectivity index (χ0) is 11.2. The summed E-state index contributed by atoms with van der Waals surface area (Å²) in [5.74, 6) is -2.77. The Morgan fingerprint density at radius 2 is 1.93 bits per heavy atom. The van der Waals surface area contributed by atoms with E-state index in [-0.39, 0.29) is 19.8 Å². The maximum Gasteiger partial charge on any atom is 0.471 e. The molecule has 0 saturated carbocycles. The van der Waals surface area contributed by atoms with E-state index in [4.69, 9.17) is 0 Å². The highest BCUT2D eigenvalue weighted by Crippen LogP contribution is 2.13. The lowest BCUT2D eigenvalue weighted by atomic mass is 10.5. The minimum atomic E-state index is -4.90. The summed E-state index contributed by atoms with van der Waals surface area (Å²) in [5, 5.41) is 1.56. The highest BCUT2D eigenvalue weighted by atomic mass is 19.4. The Morgan fingerprint density at radius 3 is 2.36 bits per heavy atom. The monoisotopic (exact) mass is 214 g/mol. The predicted molar refractivity (Wildman–Crippen MR) is 39.1 cm³/mol. The molecular weight excluding hydrogens is 205 g/mol. The molecule has 0 spiro atoms. The molecule has 0 bridgehead atoms. The van der Waals surface area contributed by atoms with Gasteiger partial charge in [-0.15, -0.1) is 0 Å². The van der Waals surface area contributed by atoms with E-state index in [2.05, 4.69) is 10.5 Å². The number of nitrogens with one attached hydrogen (secondary N) is 1. The minimum absolute atomic E-state index is 0.204. The summed E-state index contributed by atoms with van der Waals surface area (Å²) in [6, 6.07) is 0. The fraction of sp³-hybridized carbons (Fsp3) is 0.667. The van der Waals surface area contributed by atoms with Gasteiger partial charge in [-0.1, -0.05) is 0 Å². The summed E-state index contributed by atoms with van der Waals surface area (Å²) in [5.41, 5.74) is 4.67. The molecule has 0 heterocycles. The second-order valence-electron chi connectivity index (χ2n) is 2.27. The lowest BCUT2D eigenvalue weighted by molar-refractivity contribution is -0.173. The molecule has 0 atom stereocenters. The minimum Gasteiger partial charge on any atom is -0.370 e. The van der Waals surface area contributed by atoms with E-state index < -0.39 is 18.0 Å². The molecule has 0 unspecified atom stereocenters. The Kier molecular flexibility index (Phi) is 4.92. The van der Waals surface area contributed by atoms with Crippen molar-refractivity contribution in [2.24, 2.45) is 5.73 Å². The van der Waals surface area contributed by atoms with Gasteiger partial charge in [0, 0.05) is 6.54 Å². The van der Waals surface area contributed by atoms with Crippen molar-refractivity contribution in [2.45, 2.75) is 6.18 Å². The average Bonchev–Trinajstić information content (AvgIpc) is 2.01. The van der Waals surface area contributed by atoms with Gasteiger partial charge < -0.3 is 15.8 Å². The van der Waals surface area contributed by atoms with E-state index >= 15 is 0 Å². The fourth-order valence-corrected chi connectivity index (χ4v) is 0.510. The summed E-state index contributed by atoms with van der Waals surface area (Å²) in [6.45, 7) is -0.918. The first-order valence-electron chi connectivity index (χ1n) is 3.55. The standard InChI is InChI=1S/C6H9F3N2O3/c7-6(8,9)5(13)11-1-2-14-3-4(10)12/h1-3H2,(H2,10,12)(H,11,13). The summed E-state index contributed by atoms with van der Waals surface area (Å²) >= 11 is 0. The molecule has 2 amide bonds. The number of primary amides is 1. The van der Waals surface area contributed by atoms with Gasteiger partial charge in [-0.25, -0.2) is 0 Å². The number of ether oxygens (including phenoxy) is 1. The molecule has 8 heteroatoms. The van der Waals surface area contributed by atoms with Crippen molar-refractivity contribution in [3.63, 3.8) is 0 Å². The molecule has 0 aromatic heterocycles. The van der Waals surface area contributed by atoms with E-state index in [9.17, 15) is 22.8 Å². The van der Waals surface area contributed by atoms with Crippen LogP contribution in [0.5, 0.6) is 0 Å². The van der Waals surface area contributed by atoms with Crippen molar-refractivity contribution in [1.82, 2.24) is 5.32 Å². The number of amides is 2. The van der Waals surface area contributed by atoms with Crippen molar-refractivity contribution in [3.8, 4) is 0 Å². The molecule has 5 nitrogen and oxygen atoms in total. The van der Waals surface area contributed by atoms with Crippen molar-refractivity contribution >= 4 is 11.8 Å². The first-order chi connectivity index (χ1) is 6.34. The molecule has 0 aromatic rings. The van der Waals surface area contributed by atoms with Gasteiger partial charge in [0.1, 0.15) is 6.61 Å². The van der Waals surface area contributed by atoms with Crippen LogP contribution in [0.4, 0.5) is 13.2 Å². The fourth-order valence-electron chi connectivity index (χ4n) is 0.510. The third kappa shape index (κ3) is 6.23. The predicted octanol–water partition coefficient (Wildman–Crippen LogP) is -0.833. The molecule has 0 aliphatic carbocycles. The van der Waals surface area contributed by atoms with Crippen LogP contribution in [0.2, 0.25) is 0 Å². The number of carbonyl (C=O) groups excluding carboxylic acids is 2. The number of hydrogen-bond donors (Lipinski definition) is 2. The van der Waals surface area contributed by atoms with Gasteiger partial charge in [-0.3, -0.25) is 9.59 Å². The molecule has 82 valence electrons. The lowest BCUT2D eigenvalue weighted by Crippen LogP contribution is -2.38. The molecule has 0 aliphatic rings. The highest BCUT2D eigenvalue weighted by molar-refractivity contribution is 5.81. The summed E-state index contributed by atoms with van der Waals surface area (Å²) in [7, 11) is 0. The van der Waals surface area contributed by atoms with Gasteiger partial charge in [0.15, 0.2) is 0 Å². The number of rotatable bonds is 5. The molecule has 0 saturated heterocycles. The second kappa shape index (κ2) is 5.43. The third-order valence-corrected chi connectivity index (χ3v) is 1.03. The van der Waals surface area contributed by atoms with Crippen LogP contribution in [0, 0.1) is 0 Å². The quantitative estimate of drug-likeness (QED) is 0.586. The normalized spacial score (nSPS) is 11.1. The largest absolute Gasteiger partial charge is 0.471 e. The number of halogens is 3. The van der Waals surface area contributed by atoms with Crippen molar-refractivity contribution in [2.75, 3.05) is 19.8 Å². The number of nitrogens with two attached hydrogens (primary N) is 1. The van der Waals surface area contributed by atoms with Crippen LogP contribution in [0.15, 0.2) is 0 Å². The van der Waals surface area contributed by atoms with Gasteiger partial charge in [-0.2, -0.15) is 13.2 Å².